The summed E-state index contributed by atoms with van der Waals surface area (Å²) in [5.41, 5.74) is 16.6. The number of hydrogen-bond acceptors (Lipinski definition) is 0. The van der Waals surface area contributed by atoms with E-state index < -0.39 is 5.91 Å². The van der Waals surface area contributed by atoms with E-state index in [1.807, 2.05) is 0 Å². The van der Waals surface area contributed by atoms with Crippen LogP contribution in [0.15, 0.2) is 158 Å². The van der Waals surface area contributed by atoms with Crippen LogP contribution in [0.4, 0.5) is 0 Å². The summed E-state index contributed by atoms with van der Waals surface area (Å²) in [6.07, 6.45) is 18.0. The average Bonchev–Trinajstić information content (AvgIpc) is 3.99. The lowest BCUT2D eigenvalue weighted by atomic mass is 9.96. The van der Waals surface area contributed by atoms with Gasteiger partial charge in [0.15, 0.2) is 24.8 Å². The van der Waals surface area contributed by atoms with Gasteiger partial charge in [-0.05, 0) is 48.5 Å². The van der Waals surface area contributed by atoms with Crippen molar-refractivity contribution < 1.29 is 27.4 Å². The molecule has 0 aromatic carbocycles. The largest absolute Gasteiger partial charge is 0.554 e. The maximum absolute atomic E-state index is 2.64. The van der Waals surface area contributed by atoms with E-state index in [1.54, 1.807) is 0 Å². The quantitative estimate of drug-likeness (QED) is 0.253. The summed E-state index contributed by atoms with van der Waals surface area (Å²) in [7, 11) is 8.62. The number of pyridine rings is 4. The van der Waals surface area contributed by atoms with E-state index in [2.05, 4.69) is 211 Å². The predicted octanol–water partition coefficient (Wildman–Crippen LogP) is 1.72. The van der Waals surface area contributed by atoms with Crippen LogP contribution in [-0.2, 0) is 34.1 Å². The van der Waals surface area contributed by atoms with Gasteiger partial charge in [-0.15, -0.1) is 0 Å². The van der Waals surface area contributed by atoms with Gasteiger partial charge in [0, 0.05) is 72.8 Å². The minimum atomic E-state index is -0.813. The van der Waals surface area contributed by atoms with Gasteiger partial charge in [0.05, 0.1) is 22.1 Å². The van der Waals surface area contributed by atoms with E-state index in [1.165, 1.54) is 90.0 Å². The molecule has 0 aliphatic carbocycles. The lowest BCUT2D eigenvalue weighted by molar-refractivity contribution is -0.834. The third-order valence-corrected chi connectivity index (χ3v) is 12.0. The minimum absolute atomic E-state index is 0.813. The Hall–Kier alpha value is -6.80. The van der Waals surface area contributed by atoms with E-state index in [4.69, 9.17) is 0 Å². The maximum Gasteiger partial charge on any atom is 0.554 e. The molecule has 0 bridgehead atoms. The number of allylic oxidation sites excluding steroid dienone is 4. The zero-order valence-corrected chi connectivity index (χ0v) is 29.9. The molecule has 12 heterocycles. The molecule has 0 atom stereocenters. The molecule has 0 N–H and O–H groups in total. The highest BCUT2D eigenvalue weighted by atomic mass is 15.6. The standard InChI is InChI=1S/C45H36N8/c1-46-25-9-5-13-29(46)41-33-17-19-35-42(30-14-6-10-26-47(30)2)37-21-23-39-44(32-16-8-12-28-49(32)4)40-24-22-38-43(31-15-7-11-27-48(31)3)36-20-18-34(41)51(36)45(50(33)35,52(37)39)53(38)40/h5-28H,1-4H3/q+6. The lowest BCUT2D eigenvalue weighted by Crippen LogP contribution is -2.71. The van der Waals surface area contributed by atoms with Gasteiger partial charge in [-0.2, -0.15) is 9.13 Å². The molecule has 6 aliphatic heterocycles. The molecule has 0 unspecified atom stereocenters. The third kappa shape index (κ3) is 3.25. The smallest absolute Gasteiger partial charge is 0.201 e. The Morgan fingerprint density at radius 1 is 0.396 bits per heavy atom. The van der Waals surface area contributed by atoms with E-state index in [0.29, 0.717) is 0 Å². The zero-order chi connectivity index (χ0) is 35.3. The first-order chi connectivity index (χ1) is 26.0. The topological polar surface area (TPSA) is 31.4 Å². The molecule has 250 valence electrons. The first-order valence-electron chi connectivity index (χ1n) is 18.2. The minimum Gasteiger partial charge on any atom is -0.201 e. The first kappa shape index (κ1) is 28.8. The van der Waals surface area contributed by atoms with E-state index in [-0.39, 0.29) is 0 Å². The van der Waals surface area contributed by atoms with Gasteiger partial charge in [-0.25, -0.2) is 18.3 Å². The third-order valence-electron chi connectivity index (χ3n) is 12.0. The summed E-state index contributed by atoms with van der Waals surface area (Å²) < 4.78 is 19.6. The van der Waals surface area contributed by atoms with Crippen LogP contribution in [0.5, 0.6) is 0 Å². The summed E-state index contributed by atoms with van der Waals surface area (Å²) in [5, 5.41) is 2.38. The molecule has 8 nitrogen and oxygen atoms in total. The summed E-state index contributed by atoms with van der Waals surface area (Å²) in [6, 6.07) is 35.5. The monoisotopic (exact) mass is 688 g/mol. The number of rotatable bonds is 4. The van der Waals surface area contributed by atoms with Crippen LogP contribution in [0.2, 0.25) is 0 Å². The Balaban J connectivity index is 1.36. The molecule has 6 aliphatic rings. The second-order valence-corrected chi connectivity index (χ2v) is 14.6. The molecule has 0 saturated carbocycles. The fourth-order valence-corrected chi connectivity index (χ4v) is 9.91. The number of aryl methyl sites for hydroxylation is 4. The van der Waals surface area contributed by atoms with Gasteiger partial charge >= 0.3 is 5.91 Å². The zero-order valence-electron chi connectivity index (χ0n) is 29.9. The number of aromatic nitrogens is 6. The van der Waals surface area contributed by atoms with Crippen molar-refractivity contribution >= 4 is 33.7 Å². The van der Waals surface area contributed by atoms with Gasteiger partial charge < -0.3 is 0 Å². The highest BCUT2D eigenvalue weighted by Gasteiger charge is 2.74. The highest BCUT2D eigenvalue weighted by molar-refractivity contribution is 6.28. The first-order valence-corrected chi connectivity index (χ1v) is 18.2. The molecule has 0 saturated heterocycles. The Bertz CT molecular complexity index is 2900. The van der Waals surface area contributed by atoms with Gasteiger partial charge in [-0.3, -0.25) is 0 Å². The fraction of sp³-hybridized carbons (Fsp3) is 0.111. The van der Waals surface area contributed by atoms with Crippen molar-refractivity contribution in [2.24, 2.45) is 28.2 Å². The van der Waals surface area contributed by atoms with Crippen LogP contribution in [0.1, 0.15) is 34.2 Å². The van der Waals surface area contributed by atoms with Crippen LogP contribution in [0.25, 0.3) is 22.3 Å². The van der Waals surface area contributed by atoms with Gasteiger partial charge in [-0.1, -0.05) is 9.15 Å². The Labute approximate surface area is 306 Å². The second-order valence-electron chi connectivity index (χ2n) is 14.6. The number of hydrogen-bond donors (Lipinski definition) is 0. The summed E-state index contributed by atoms with van der Waals surface area (Å²) in [4.78, 5) is 0. The molecular formula is C45H36N8+6. The Kier molecular flexibility index (Phi) is 5.30. The molecule has 53 heavy (non-hydrogen) atoms. The molecule has 0 radical (unpaired) electrons. The van der Waals surface area contributed by atoms with Crippen LogP contribution in [0.3, 0.4) is 0 Å². The highest BCUT2D eigenvalue weighted by Crippen LogP contribution is 2.52. The summed E-state index contributed by atoms with van der Waals surface area (Å²) in [6.45, 7) is 0. The summed E-state index contributed by atoms with van der Waals surface area (Å²) >= 11 is 0. The van der Waals surface area contributed by atoms with Crippen molar-refractivity contribution in [3.05, 3.63) is 202 Å². The van der Waals surface area contributed by atoms with Crippen LogP contribution >= 0.6 is 0 Å². The van der Waals surface area contributed by atoms with Crippen molar-refractivity contribution in [1.82, 2.24) is 9.13 Å². The lowest BCUT2D eigenvalue weighted by Gasteiger charge is -2.40. The van der Waals surface area contributed by atoms with Crippen LogP contribution in [-0.4, -0.2) is 29.7 Å². The molecule has 0 amide bonds. The van der Waals surface area contributed by atoms with Crippen molar-refractivity contribution in [3.8, 4) is 0 Å². The predicted molar refractivity (Wildman–Crippen MR) is 198 cm³/mol. The second kappa shape index (κ2) is 9.74. The van der Waals surface area contributed by atoms with Crippen LogP contribution in [0, 0.1) is 0 Å². The van der Waals surface area contributed by atoms with E-state index in [9.17, 15) is 0 Å². The van der Waals surface area contributed by atoms with Crippen molar-refractivity contribution in [2.45, 2.75) is 5.91 Å². The normalized spacial score (nSPS) is 17.8. The average molecular weight is 689 g/mol. The molecule has 12 rings (SSSR count). The maximum atomic E-state index is 2.64. The van der Waals surface area contributed by atoms with Gasteiger partial charge in [0.2, 0.25) is 45.6 Å². The van der Waals surface area contributed by atoms with Gasteiger partial charge in [0.1, 0.15) is 50.5 Å². The molecule has 6 aromatic rings. The SMILES string of the molecule is C[n+]1ccccc1C1=C2C=CC3=[N+]2C24n5c1ccc5C(c1cccc[n+]1C)=C1C=CC(=[N+]12)C(c1cccc[n+]1C)=c1ccc(n14)=C3c1cccc[n+]1C. The fourth-order valence-electron chi connectivity index (χ4n) is 9.91. The molecule has 0 fully saturated rings. The summed E-state index contributed by atoms with van der Waals surface area (Å²) in [5.74, 6) is -0.813. The van der Waals surface area contributed by atoms with E-state index in [0.717, 1.165) is 0 Å². The molecule has 1 spiro atoms. The van der Waals surface area contributed by atoms with Crippen LogP contribution < -0.4 is 29.0 Å². The van der Waals surface area contributed by atoms with Gasteiger partial charge in [0.25, 0.3) is 0 Å². The Morgan fingerprint density at radius 2 is 0.774 bits per heavy atom. The number of nitrogens with zero attached hydrogens (tertiary/aromatic N) is 8. The molecule has 6 aromatic heterocycles. The van der Waals surface area contributed by atoms with Crippen molar-refractivity contribution in [3.63, 3.8) is 0 Å². The molecular weight excluding hydrogens is 653 g/mol. The van der Waals surface area contributed by atoms with Crippen molar-refractivity contribution in [1.29, 1.82) is 0 Å². The van der Waals surface area contributed by atoms with Crippen molar-refractivity contribution in [2.75, 3.05) is 0 Å². The Morgan fingerprint density at radius 3 is 1.15 bits per heavy atom. The molecule has 8 heteroatoms. The van der Waals surface area contributed by atoms with E-state index >= 15 is 0 Å².